The van der Waals surface area contributed by atoms with Gasteiger partial charge in [0.1, 0.15) is 5.75 Å². The Morgan fingerprint density at radius 3 is 3.08 bits per heavy atom. The lowest BCUT2D eigenvalue weighted by Crippen LogP contribution is -2.04. The molecule has 0 aliphatic heterocycles. The molecule has 1 heterocycles. The number of aliphatic hydroxyl groups is 1. The Balaban J connectivity index is 3.55. The Hall–Kier alpha value is -1.13. The largest absolute Gasteiger partial charge is 0.506 e. The van der Waals surface area contributed by atoms with Crippen LogP contribution in [0.4, 0.5) is 0 Å². The number of hydrogen-bond donors (Lipinski definition) is 3. The predicted octanol–water partition coefficient (Wildman–Crippen LogP) is 0.0466. The summed E-state index contributed by atoms with van der Waals surface area (Å²) in [5.41, 5.74) is 4.05. The van der Waals surface area contributed by atoms with E-state index in [1.165, 1.54) is 0 Å². The van der Waals surface area contributed by atoms with Crippen LogP contribution in [0.15, 0.2) is 6.20 Å². The van der Waals surface area contributed by atoms with Crippen molar-refractivity contribution < 1.29 is 17.1 Å². The summed E-state index contributed by atoms with van der Waals surface area (Å²) in [6.45, 7) is -5.75. The molecule has 0 amide bonds. The molecule has 0 aliphatic carbocycles. The van der Waals surface area contributed by atoms with Crippen LogP contribution in [0.25, 0.3) is 0 Å². The highest BCUT2D eigenvalue weighted by Gasteiger charge is 2.08. The zero-order valence-corrected chi connectivity index (χ0v) is 6.20. The van der Waals surface area contributed by atoms with E-state index in [0.717, 1.165) is 6.20 Å². The van der Waals surface area contributed by atoms with Crippen molar-refractivity contribution in [2.24, 2.45) is 5.73 Å². The second-order valence-corrected chi connectivity index (χ2v) is 2.16. The van der Waals surface area contributed by atoms with Crippen molar-refractivity contribution in [1.29, 1.82) is 0 Å². The molecule has 0 radical (unpaired) electrons. The van der Waals surface area contributed by atoms with E-state index in [1.54, 1.807) is 0 Å². The molecule has 0 saturated carbocycles. The third-order valence-corrected chi connectivity index (χ3v) is 1.45. The van der Waals surface area contributed by atoms with E-state index in [0.29, 0.717) is 0 Å². The quantitative estimate of drug-likeness (QED) is 0.590. The highest BCUT2D eigenvalue weighted by molar-refractivity contribution is 5.40. The van der Waals surface area contributed by atoms with Crippen molar-refractivity contribution in [3.63, 3.8) is 0 Å². The monoisotopic (exact) mass is 173 g/mol. The Bertz CT molecular complexity index is 427. The molecule has 0 atom stereocenters. The van der Waals surface area contributed by atoms with Crippen LogP contribution < -0.4 is 5.73 Å². The molecule has 0 spiro atoms. The van der Waals surface area contributed by atoms with E-state index < -0.39 is 37.0 Å². The van der Waals surface area contributed by atoms with Gasteiger partial charge in [0.15, 0.2) is 0 Å². The Morgan fingerprint density at radius 1 is 1.83 bits per heavy atom. The number of aromatic nitrogens is 1. The van der Waals surface area contributed by atoms with E-state index in [4.69, 9.17) is 17.7 Å². The number of pyridine rings is 1. The van der Waals surface area contributed by atoms with Crippen molar-refractivity contribution in [1.82, 2.24) is 4.98 Å². The lowest BCUT2D eigenvalue weighted by Gasteiger charge is -2.08. The van der Waals surface area contributed by atoms with Crippen molar-refractivity contribution in [3.05, 3.63) is 23.0 Å². The maximum atomic E-state index is 9.72. The predicted molar refractivity (Wildman–Crippen MR) is 44.5 cm³/mol. The third kappa shape index (κ3) is 1.39. The standard InChI is InChI=1S/C8H12N2O2/c1-5-8(12)7(2-9)6(4-11)3-10-5/h3,11-12H,2,4,9H2,1H3/i1D3,2D2. The summed E-state index contributed by atoms with van der Waals surface area (Å²) >= 11 is 0. The van der Waals surface area contributed by atoms with Crippen LogP contribution in [0.1, 0.15) is 23.7 Å². The summed E-state index contributed by atoms with van der Waals surface area (Å²) in [6, 6.07) is 0. The number of aromatic hydroxyl groups is 1. The van der Waals surface area contributed by atoms with Crippen LogP contribution in [0.3, 0.4) is 0 Å². The van der Waals surface area contributed by atoms with Crippen LogP contribution in [-0.4, -0.2) is 15.2 Å². The Labute approximate surface area is 77.7 Å². The van der Waals surface area contributed by atoms with Crippen molar-refractivity contribution in [2.45, 2.75) is 20.0 Å². The van der Waals surface area contributed by atoms with Gasteiger partial charge < -0.3 is 15.9 Å². The van der Waals surface area contributed by atoms with Crippen LogP contribution in [0.5, 0.6) is 5.75 Å². The van der Waals surface area contributed by atoms with Gasteiger partial charge in [0.05, 0.1) is 12.3 Å². The van der Waals surface area contributed by atoms with Crippen LogP contribution in [-0.2, 0) is 13.1 Å². The minimum Gasteiger partial charge on any atom is -0.506 e. The SMILES string of the molecule is [2H]C([2H])([2H])c1ncc(CO)c(C([2H])([2H])N)c1O. The first-order valence-electron chi connectivity index (χ1n) is 5.70. The molecule has 12 heavy (non-hydrogen) atoms. The van der Waals surface area contributed by atoms with Gasteiger partial charge >= 0.3 is 0 Å². The molecule has 1 rings (SSSR count). The second kappa shape index (κ2) is 3.51. The van der Waals surface area contributed by atoms with E-state index in [2.05, 4.69) is 4.98 Å². The summed E-state index contributed by atoms with van der Waals surface area (Å²) in [7, 11) is 0. The maximum absolute atomic E-state index is 9.72. The molecule has 4 N–H and O–H groups in total. The molecule has 1 aromatic heterocycles. The van der Waals surface area contributed by atoms with Gasteiger partial charge in [-0.3, -0.25) is 4.98 Å². The molecule has 0 aromatic carbocycles. The van der Waals surface area contributed by atoms with Gasteiger partial charge in [0.2, 0.25) is 0 Å². The third-order valence-electron chi connectivity index (χ3n) is 1.45. The highest BCUT2D eigenvalue weighted by atomic mass is 16.3. The Kier molecular flexibility index (Phi) is 1.23. The van der Waals surface area contributed by atoms with Gasteiger partial charge in [0, 0.05) is 30.7 Å². The minimum atomic E-state index is -2.68. The van der Waals surface area contributed by atoms with Gasteiger partial charge in [-0.05, 0) is 6.85 Å². The molecular formula is C8H12N2O2. The lowest BCUT2D eigenvalue weighted by molar-refractivity contribution is 0.279. The van der Waals surface area contributed by atoms with Crippen LogP contribution in [0, 0.1) is 6.85 Å². The first-order chi connectivity index (χ1) is 7.59. The fraction of sp³-hybridized carbons (Fsp3) is 0.375. The Morgan fingerprint density at radius 2 is 2.58 bits per heavy atom. The summed E-state index contributed by atoms with van der Waals surface area (Å²) < 4.78 is 36.0. The smallest absolute Gasteiger partial charge is 0.141 e. The topological polar surface area (TPSA) is 79.4 Å². The normalized spacial score (nSPS) is 18.7. The van der Waals surface area contributed by atoms with Crippen LogP contribution >= 0.6 is 0 Å². The van der Waals surface area contributed by atoms with Gasteiger partial charge in [-0.15, -0.1) is 0 Å². The highest BCUT2D eigenvalue weighted by Crippen LogP contribution is 2.22. The fourth-order valence-electron chi connectivity index (χ4n) is 0.820. The average Bonchev–Trinajstić information content (AvgIpc) is 2.12. The van der Waals surface area contributed by atoms with Gasteiger partial charge in [0.25, 0.3) is 0 Å². The maximum Gasteiger partial charge on any atom is 0.141 e. The molecule has 66 valence electrons. The molecular weight excluding hydrogens is 156 g/mol. The summed E-state index contributed by atoms with van der Waals surface area (Å²) in [5.74, 6) is -0.843. The first-order valence-corrected chi connectivity index (χ1v) is 3.20. The molecule has 0 aliphatic rings. The number of aryl methyl sites for hydroxylation is 1. The molecule has 4 nitrogen and oxygen atoms in total. The molecule has 0 bridgehead atoms. The van der Waals surface area contributed by atoms with E-state index in [-0.39, 0.29) is 5.56 Å². The molecule has 4 heteroatoms. The number of nitrogens with two attached hydrogens (primary N) is 1. The summed E-state index contributed by atoms with van der Waals surface area (Å²) in [4.78, 5) is 3.50. The number of aliphatic hydroxyl groups excluding tert-OH is 1. The number of hydrogen-bond acceptors (Lipinski definition) is 4. The van der Waals surface area contributed by atoms with Gasteiger partial charge in [-0.1, -0.05) is 0 Å². The van der Waals surface area contributed by atoms with Crippen LogP contribution in [0.2, 0.25) is 0 Å². The molecule has 0 fully saturated rings. The zero-order chi connectivity index (χ0) is 13.4. The van der Waals surface area contributed by atoms with Crippen molar-refractivity contribution in [3.8, 4) is 5.75 Å². The number of rotatable bonds is 2. The minimum absolute atomic E-state index is 0.0528. The first kappa shape index (κ1) is 4.20. The molecule has 0 saturated heterocycles. The fourth-order valence-corrected chi connectivity index (χ4v) is 0.820. The van der Waals surface area contributed by atoms with Crippen molar-refractivity contribution in [2.75, 3.05) is 0 Å². The van der Waals surface area contributed by atoms with Gasteiger partial charge in [-0.25, -0.2) is 0 Å². The average molecular weight is 173 g/mol. The van der Waals surface area contributed by atoms with Gasteiger partial charge in [-0.2, -0.15) is 0 Å². The molecule has 0 unspecified atom stereocenters. The van der Waals surface area contributed by atoms with E-state index >= 15 is 0 Å². The molecule has 1 aromatic rings. The lowest BCUT2D eigenvalue weighted by atomic mass is 10.1. The summed E-state index contributed by atoms with van der Waals surface area (Å²) in [6.07, 6.45) is 0.988. The second-order valence-electron chi connectivity index (χ2n) is 2.16. The van der Waals surface area contributed by atoms with E-state index in [1.807, 2.05) is 0 Å². The summed E-state index contributed by atoms with van der Waals surface area (Å²) in [5, 5.41) is 18.7. The van der Waals surface area contributed by atoms with E-state index in [9.17, 15) is 5.11 Å². The zero-order valence-electron chi connectivity index (χ0n) is 11.2. The number of nitrogens with zero attached hydrogens (tertiary/aromatic N) is 1. The van der Waals surface area contributed by atoms with Crippen molar-refractivity contribution >= 4 is 0 Å².